The Morgan fingerprint density at radius 1 is 0.296 bits per heavy atom. The summed E-state index contributed by atoms with van der Waals surface area (Å²) in [6.45, 7) is 0. The molecule has 1 heterocycles. The summed E-state index contributed by atoms with van der Waals surface area (Å²) in [6.07, 6.45) is 0. The van der Waals surface area contributed by atoms with Crippen molar-refractivity contribution in [3.8, 4) is 67.1 Å². The van der Waals surface area contributed by atoms with Crippen LogP contribution in [-0.2, 0) is 0 Å². The fourth-order valence-electron chi connectivity index (χ4n) is 7.86. The molecule has 0 fully saturated rings. The van der Waals surface area contributed by atoms with Gasteiger partial charge in [0.05, 0.1) is 0 Å². The predicted octanol–water partition coefficient (Wildman–Crippen LogP) is 14.8. The number of benzene rings is 9. The van der Waals surface area contributed by atoms with Gasteiger partial charge in [0.2, 0.25) is 0 Å². The van der Waals surface area contributed by atoms with E-state index in [1.165, 1.54) is 27.8 Å². The van der Waals surface area contributed by atoms with E-state index in [1.54, 1.807) is 0 Å². The molecule has 2 nitrogen and oxygen atoms in total. The number of hydrogen-bond donors (Lipinski definition) is 0. The van der Waals surface area contributed by atoms with Crippen LogP contribution >= 0.6 is 0 Å². The van der Waals surface area contributed by atoms with Gasteiger partial charge >= 0.3 is 0 Å². The first-order chi connectivity index (χ1) is 26.8. The van der Waals surface area contributed by atoms with Crippen LogP contribution in [0.3, 0.4) is 0 Å². The lowest BCUT2D eigenvalue weighted by Gasteiger charge is -2.26. The van der Waals surface area contributed by atoms with Crippen molar-refractivity contribution in [1.82, 2.24) is 0 Å². The summed E-state index contributed by atoms with van der Waals surface area (Å²) >= 11 is 0. The Hall–Kier alpha value is -7.16. The fourth-order valence-corrected chi connectivity index (χ4v) is 7.86. The van der Waals surface area contributed by atoms with Crippen LogP contribution in [0.1, 0.15) is 0 Å². The Balaban J connectivity index is 1.16. The van der Waals surface area contributed by atoms with Crippen LogP contribution < -0.4 is 9.64 Å². The Morgan fingerprint density at radius 3 is 1.59 bits per heavy atom. The molecule has 0 radical (unpaired) electrons. The molecule has 10 rings (SSSR count). The number of nitrogens with zero attached hydrogens (tertiary/aromatic N) is 1. The molecular weight excluding hydrogens is 655 g/mol. The SMILES string of the molecule is c1ccc(-c2ccc(N(c3ccccc3)c3ccc4c(c3)Oc3c(ccc5ccccc35)-c3ccc(-c5ccccc5-c5ccccc5)cc3-4)cc2)cc1. The molecule has 54 heavy (non-hydrogen) atoms. The lowest BCUT2D eigenvalue weighted by molar-refractivity contribution is 0.493. The molecule has 0 unspecified atom stereocenters. The van der Waals surface area contributed by atoms with Crippen LogP contribution in [0.4, 0.5) is 17.1 Å². The highest BCUT2D eigenvalue weighted by Gasteiger charge is 2.25. The maximum atomic E-state index is 7.15. The van der Waals surface area contributed by atoms with E-state index in [0.717, 1.165) is 67.2 Å². The number of para-hydroxylation sites is 1. The highest BCUT2D eigenvalue weighted by atomic mass is 16.5. The van der Waals surface area contributed by atoms with Gasteiger partial charge < -0.3 is 9.64 Å². The first-order valence-corrected chi connectivity index (χ1v) is 18.4. The molecule has 0 atom stereocenters. The van der Waals surface area contributed by atoms with Crippen molar-refractivity contribution in [3.05, 3.63) is 212 Å². The standard InChI is InChI=1S/C52H35NO/c1-4-14-36(15-5-1)37-24-28-42(29-25-37)53(41-19-8-3-9-20-41)43-30-33-48-50-34-40(45-22-13-12-21-44(45)38-16-6-2-7-17-38)27-31-47(50)49-32-26-39-18-10-11-23-46(39)52(49)54-51(48)35-43/h1-35H. The molecule has 0 amide bonds. The van der Waals surface area contributed by atoms with Gasteiger partial charge in [-0.15, -0.1) is 0 Å². The van der Waals surface area contributed by atoms with Gasteiger partial charge in [-0.2, -0.15) is 0 Å². The quantitative estimate of drug-likeness (QED) is 0.172. The normalized spacial score (nSPS) is 11.5. The lowest BCUT2D eigenvalue weighted by atomic mass is 9.88. The summed E-state index contributed by atoms with van der Waals surface area (Å²) in [7, 11) is 0. The van der Waals surface area contributed by atoms with Gasteiger partial charge in [-0.1, -0.05) is 158 Å². The third kappa shape index (κ3) is 5.62. The molecule has 0 N–H and O–H groups in total. The van der Waals surface area contributed by atoms with Gasteiger partial charge in [-0.3, -0.25) is 0 Å². The van der Waals surface area contributed by atoms with E-state index in [1.807, 2.05) is 0 Å². The Labute approximate surface area is 315 Å². The van der Waals surface area contributed by atoms with E-state index in [2.05, 4.69) is 217 Å². The second-order valence-electron chi connectivity index (χ2n) is 13.7. The van der Waals surface area contributed by atoms with Crippen LogP contribution in [0.2, 0.25) is 0 Å². The van der Waals surface area contributed by atoms with Crippen LogP contribution in [0.25, 0.3) is 66.4 Å². The summed E-state index contributed by atoms with van der Waals surface area (Å²) in [4.78, 5) is 2.31. The molecule has 9 aromatic rings. The van der Waals surface area contributed by atoms with Crippen molar-refractivity contribution >= 4 is 27.8 Å². The maximum Gasteiger partial charge on any atom is 0.143 e. The predicted molar refractivity (Wildman–Crippen MR) is 226 cm³/mol. The Bertz CT molecular complexity index is 2770. The lowest BCUT2D eigenvalue weighted by Crippen LogP contribution is -2.10. The van der Waals surface area contributed by atoms with E-state index in [0.29, 0.717) is 0 Å². The molecule has 0 saturated heterocycles. The third-order valence-corrected chi connectivity index (χ3v) is 10.5. The first-order valence-electron chi connectivity index (χ1n) is 18.4. The largest absolute Gasteiger partial charge is 0.455 e. The second-order valence-corrected chi connectivity index (χ2v) is 13.7. The molecule has 0 saturated carbocycles. The van der Waals surface area contributed by atoms with Gasteiger partial charge in [-0.05, 0) is 98.4 Å². The van der Waals surface area contributed by atoms with E-state index >= 15 is 0 Å². The smallest absolute Gasteiger partial charge is 0.143 e. The third-order valence-electron chi connectivity index (χ3n) is 10.5. The Kier molecular flexibility index (Phi) is 7.85. The molecule has 0 aromatic heterocycles. The monoisotopic (exact) mass is 689 g/mol. The molecule has 0 aliphatic carbocycles. The molecule has 0 bridgehead atoms. The van der Waals surface area contributed by atoms with Crippen LogP contribution in [-0.4, -0.2) is 0 Å². The fraction of sp³-hybridized carbons (Fsp3) is 0. The van der Waals surface area contributed by atoms with Gasteiger partial charge in [0.1, 0.15) is 11.5 Å². The molecule has 1 aliphatic heterocycles. The van der Waals surface area contributed by atoms with Gasteiger partial charge in [-0.25, -0.2) is 0 Å². The van der Waals surface area contributed by atoms with Crippen molar-refractivity contribution in [1.29, 1.82) is 0 Å². The minimum Gasteiger partial charge on any atom is -0.455 e. The topological polar surface area (TPSA) is 12.5 Å². The van der Waals surface area contributed by atoms with Gasteiger partial charge in [0, 0.05) is 39.6 Å². The zero-order valence-electron chi connectivity index (χ0n) is 29.6. The van der Waals surface area contributed by atoms with Crippen molar-refractivity contribution in [2.45, 2.75) is 0 Å². The van der Waals surface area contributed by atoms with Crippen LogP contribution in [0.5, 0.6) is 11.5 Å². The second kappa shape index (κ2) is 13.4. The molecule has 1 aliphatic rings. The minimum absolute atomic E-state index is 0.819. The van der Waals surface area contributed by atoms with E-state index < -0.39 is 0 Å². The number of ether oxygens (including phenoxy) is 1. The van der Waals surface area contributed by atoms with Crippen molar-refractivity contribution in [3.63, 3.8) is 0 Å². The molecule has 0 spiro atoms. The summed E-state index contributed by atoms with van der Waals surface area (Å²) < 4.78 is 7.15. The molecule has 254 valence electrons. The summed E-state index contributed by atoms with van der Waals surface area (Å²) in [5.41, 5.74) is 14.7. The number of fused-ring (bicyclic) bond motifs is 7. The Morgan fingerprint density at radius 2 is 0.833 bits per heavy atom. The van der Waals surface area contributed by atoms with Gasteiger partial charge in [0.15, 0.2) is 0 Å². The molecule has 2 heteroatoms. The summed E-state index contributed by atoms with van der Waals surface area (Å²) in [5.74, 6) is 1.69. The molecule has 9 aromatic carbocycles. The average Bonchev–Trinajstić information content (AvgIpc) is 3.39. The van der Waals surface area contributed by atoms with Crippen LogP contribution in [0, 0.1) is 0 Å². The number of anilines is 3. The molecular formula is C52H35NO. The van der Waals surface area contributed by atoms with Crippen LogP contribution in [0.15, 0.2) is 212 Å². The number of hydrogen-bond acceptors (Lipinski definition) is 2. The zero-order chi connectivity index (χ0) is 35.8. The highest BCUT2D eigenvalue weighted by molar-refractivity contribution is 6.02. The number of rotatable bonds is 6. The summed E-state index contributed by atoms with van der Waals surface area (Å²) in [5, 5.41) is 2.24. The van der Waals surface area contributed by atoms with E-state index in [-0.39, 0.29) is 0 Å². The minimum atomic E-state index is 0.819. The van der Waals surface area contributed by atoms with Crippen molar-refractivity contribution in [2.24, 2.45) is 0 Å². The van der Waals surface area contributed by atoms with E-state index in [4.69, 9.17) is 4.74 Å². The zero-order valence-corrected chi connectivity index (χ0v) is 29.6. The maximum absolute atomic E-state index is 7.15. The average molecular weight is 690 g/mol. The highest BCUT2D eigenvalue weighted by Crippen LogP contribution is 2.52. The van der Waals surface area contributed by atoms with Crippen molar-refractivity contribution in [2.75, 3.05) is 4.90 Å². The van der Waals surface area contributed by atoms with E-state index in [9.17, 15) is 0 Å². The first kappa shape index (κ1) is 31.6. The van der Waals surface area contributed by atoms with Crippen molar-refractivity contribution < 1.29 is 4.74 Å². The summed E-state index contributed by atoms with van der Waals surface area (Å²) in [6, 6.07) is 75.7. The van der Waals surface area contributed by atoms with Gasteiger partial charge in [0.25, 0.3) is 0 Å².